The van der Waals surface area contributed by atoms with Crippen molar-refractivity contribution in [2.24, 2.45) is 5.84 Å². The fraction of sp³-hybridized carbons (Fsp3) is 0.167. The van der Waals surface area contributed by atoms with Crippen LogP contribution in [-0.2, 0) is 6.42 Å². The normalized spacial score (nSPS) is 12.3. The van der Waals surface area contributed by atoms with Gasteiger partial charge in [-0.15, -0.1) is 0 Å². The van der Waals surface area contributed by atoms with E-state index in [2.05, 4.69) is 15.4 Å². The van der Waals surface area contributed by atoms with Gasteiger partial charge in [0.1, 0.15) is 5.82 Å². The van der Waals surface area contributed by atoms with Crippen LogP contribution >= 0.6 is 0 Å². The fourth-order valence-electron chi connectivity index (χ4n) is 1.67. The van der Waals surface area contributed by atoms with Crippen molar-refractivity contribution < 1.29 is 0 Å². The van der Waals surface area contributed by atoms with E-state index >= 15 is 0 Å². The van der Waals surface area contributed by atoms with Crippen molar-refractivity contribution >= 4 is 5.82 Å². The number of hydrogen-bond acceptors (Lipinski definition) is 5. The first-order chi connectivity index (χ1) is 8.31. The Balaban J connectivity index is 2.19. The van der Waals surface area contributed by atoms with Gasteiger partial charge in [-0.05, 0) is 30.2 Å². The van der Waals surface area contributed by atoms with E-state index in [1.165, 1.54) is 0 Å². The summed E-state index contributed by atoms with van der Waals surface area (Å²) in [5, 5.41) is 0. The monoisotopic (exact) mass is 229 g/mol. The van der Waals surface area contributed by atoms with Gasteiger partial charge in [0.25, 0.3) is 0 Å². The van der Waals surface area contributed by atoms with Gasteiger partial charge in [-0.3, -0.25) is 16.3 Å². The molecule has 0 aromatic carbocycles. The molecule has 2 aromatic rings. The highest BCUT2D eigenvalue weighted by Crippen LogP contribution is 2.18. The lowest BCUT2D eigenvalue weighted by Crippen LogP contribution is -2.30. The molecule has 0 saturated carbocycles. The van der Waals surface area contributed by atoms with Gasteiger partial charge < -0.3 is 5.73 Å². The summed E-state index contributed by atoms with van der Waals surface area (Å²) in [6.45, 7) is 0. The van der Waals surface area contributed by atoms with Crippen molar-refractivity contribution in [1.82, 2.24) is 15.4 Å². The Morgan fingerprint density at radius 2 is 1.94 bits per heavy atom. The minimum Gasteiger partial charge on any atom is -0.383 e. The third-order valence-corrected chi connectivity index (χ3v) is 2.60. The molecule has 5 N–H and O–H groups in total. The molecule has 2 rings (SSSR count). The lowest BCUT2D eigenvalue weighted by Gasteiger charge is -2.15. The van der Waals surface area contributed by atoms with Crippen LogP contribution in [-0.4, -0.2) is 9.97 Å². The Bertz CT molecular complexity index is 471. The van der Waals surface area contributed by atoms with Crippen LogP contribution in [0.4, 0.5) is 5.82 Å². The molecule has 0 amide bonds. The van der Waals surface area contributed by atoms with E-state index in [9.17, 15) is 0 Å². The maximum atomic E-state index is 5.80. The Morgan fingerprint density at radius 3 is 2.59 bits per heavy atom. The largest absolute Gasteiger partial charge is 0.383 e. The Hall–Kier alpha value is -1.98. The maximum absolute atomic E-state index is 5.80. The molecule has 0 aliphatic heterocycles. The SMILES string of the molecule is NNC(Cc1cccnc1N)c1ccccn1. The van der Waals surface area contributed by atoms with Crippen molar-refractivity contribution in [3.05, 3.63) is 54.0 Å². The number of anilines is 1. The molecule has 1 unspecified atom stereocenters. The lowest BCUT2D eigenvalue weighted by atomic mass is 10.0. The highest BCUT2D eigenvalue weighted by molar-refractivity contribution is 5.39. The van der Waals surface area contributed by atoms with Crippen LogP contribution in [0, 0.1) is 0 Å². The number of hydrazine groups is 1. The molecule has 5 heteroatoms. The molecule has 88 valence electrons. The molecule has 0 spiro atoms. The minimum atomic E-state index is -0.0669. The van der Waals surface area contributed by atoms with Gasteiger partial charge in [0.2, 0.25) is 0 Å². The molecule has 0 aliphatic rings. The first-order valence-electron chi connectivity index (χ1n) is 5.37. The summed E-state index contributed by atoms with van der Waals surface area (Å²) < 4.78 is 0. The second kappa shape index (κ2) is 5.38. The highest BCUT2D eigenvalue weighted by atomic mass is 15.2. The molecular formula is C12H15N5. The first-order valence-corrected chi connectivity index (χ1v) is 5.37. The topological polar surface area (TPSA) is 89.8 Å². The van der Waals surface area contributed by atoms with Crippen molar-refractivity contribution in [2.45, 2.75) is 12.5 Å². The third-order valence-electron chi connectivity index (χ3n) is 2.60. The molecule has 1 atom stereocenters. The number of nitrogen functional groups attached to an aromatic ring is 1. The van der Waals surface area contributed by atoms with Crippen LogP contribution in [0.15, 0.2) is 42.7 Å². The molecule has 2 aromatic heterocycles. The van der Waals surface area contributed by atoms with E-state index in [0.717, 1.165) is 11.3 Å². The number of nitrogens with zero attached hydrogens (tertiary/aromatic N) is 2. The average Bonchev–Trinajstić information content (AvgIpc) is 2.39. The van der Waals surface area contributed by atoms with Crippen LogP contribution in [0.5, 0.6) is 0 Å². The third kappa shape index (κ3) is 2.77. The van der Waals surface area contributed by atoms with Crippen molar-refractivity contribution in [3.8, 4) is 0 Å². The van der Waals surface area contributed by atoms with Gasteiger partial charge >= 0.3 is 0 Å². The number of pyridine rings is 2. The Morgan fingerprint density at radius 1 is 1.12 bits per heavy atom. The van der Waals surface area contributed by atoms with Crippen molar-refractivity contribution in [2.75, 3.05) is 5.73 Å². The molecule has 0 fully saturated rings. The summed E-state index contributed by atoms with van der Waals surface area (Å²) in [7, 11) is 0. The number of hydrogen-bond donors (Lipinski definition) is 3. The molecule has 2 heterocycles. The van der Waals surface area contributed by atoms with Crippen LogP contribution < -0.4 is 17.0 Å². The van der Waals surface area contributed by atoms with Gasteiger partial charge in [-0.2, -0.15) is 0 Å². The predicted octanol–water partition coefficient (Wildman–Crippen LogP) is 0.806. The van der Waals surface area contributed by atoms with Crippen molar-refractivity contribution in [1.29, 1.82) is 0 Å². The summed E-state index contributed by atoms with van der Waals surface area (Å²) in [5.74, 6) is 6.08. The Kier molecular flexibility index (Phi) is 3.64. The zero-order valence-electron chi connectivity index (χ0n) is 9.38. The van der Waals surface area contributed by atoms with Gasteiger partial charge in [0.05, 0.1) is 11.7 Å². The smallest absolute Gasteiger partial charge is 0.126 e. The highest BCUT2D eigenvalue weighted by Gasteiger charge is 2.13. The van der Waals surface area contributed by atoms with E-state index in [4.69, 9.17) is 11.6 Å². The predicted molar refractivity (Wildman–Crippen MR) is 66.7 cm³/mol. The molecular weight excluding hydrogens is 214 g/mol. The van der Waals surface area contributed by atoms with Crippen LogP contribution in [0.3, 0.4) is 0 Å². The molecule has 5 nitrogen and oxygen atoms in total. The van der Waals surface area contributed by atoms with Crippen LogP contribution in [0.25, 0.3) is 0 Å². The van der Waals surface area contributed by atoms with E-state index in [1.807, 2.05) is 30.3 Å². The minimum absolute atomic E-state index is 0.0669. The van der Waals surface area contributed by atoms with Gasteiger partial charge in [-0.1, -0.05) is 12.1 Å². The van der Waals surface area contributed by atoms with E-state index < -0.39 is 0 Å². The molecule has 0 saturated heterocycles. The molecule has 0 aliphatic carbocycles. The second-order valence-corrected chi connectivity index (χ2v) is 3.73. The second-order valence-electron chi connectivity index (χ2n) is 3.73. The lowest BCUT2D eigenvalue weighted by molar-refractivity contribution is 0.538. The maximum Gasteiger partial charge on any atom is 0.126 e. The Labute approximate surface area is 99.9 Å². The first kappa shape index (κ1) is 11.5. The zero-order chi connectivity index (χ0) is 12.1. The number of nitrogens with one attached hydrogen (secondary N) is 1. The number of aromatic nitrogens is 2. The molecule has 17 heavy (non-hydrogen) atoms. The zero-order valence-corrected chi connectivity index (χ0v) is 9.38. The van der Waals surface area contributed by atoms with Gasteiger partial charge in [0.15, 0.2) is 0 Å². The fourth-order valence-corrected chi connectivity index (χ4v) is 1.67. The summed E-state index contributed by atoms with van der Waals surface area (Å²) >= 11 is 0. The molecule has 0 radical (unpaired) electrons. The van der Waals surface area contributed by atoms with Crippen LogP contribution in [0.2, 0.25) is 0 Å². The van der Waals surface area contributed by atoms with E-state index in [-0.39, 0.29) is 6.04 Å². The van der Waals surface area contributed by atoms with Crippen LogP contribution in [0.1, 0.15) is 17.3 Å². The van der Waals surface area contributed by atoms with E-state index in [0.29, 0.717) is 12.2 Å². The average molecular weight is 229 g/mol. The molecule has 0 bridgehead atoms. The van der Waals surface area contributed by atoms with Gasteiger partial charge in [0, 0.05) is 12.4 Å². The van der Waals surface area contributed by atoms with Gasteiger partial charge in [-0.25, -0.2) is 4.98 Å². The van der Waals surface area contributed by atoms with Crippen molar-refractivity contribution in [3.63, 3.8) is 0 Å². The van der Waals surface area contributed by atoms with E-state index in [1.54, 1.807) is 12.4 Å². The summed E-state index contributed by atoms with van der Waals surface area (Å²) in [6, 6.07) is 9.46. The summed E-state index contributed by atoms with van der Waals surface area (Å²) in [5.41, 5.74) is 10.4. The number of nitrogens with two attached hydrogens (primary N) is 2. The standard InChI is InChI=1S/C12H15N5/c13-12-9(4-3-7-16-12)8-11(17-14)10-5-1-2-6-15-10/h1-7,11,17H,8,14H2,(H2,13,16). The number of rotatable bonds is 4. The summed E-state index contributed by atoms with van der Waals surface area (Å²) in [4.78, 5) is 8.32. The quantitative estimate of drug-likeness (QED) is 0.533. The summed E-state index contributed by atoms with van der Waals surface area (Å²) in [6.07, 6.45) is 4.07.